The molecule has 0 unspecified atom stereocenters. The lowest BCUT2D eigenvalue weighted by Gasteiger charge is -2.14. The Bertz CT molecular complexity index is 987. The molecule has 0 saturated heterocycles. The summed E-state index contributed by atoms with van der Waals surface area (Å²) in [4.78, 5) is 23.8. The van der Waals surface area contributed by atoms with Crippen LogP contribution in [0.25, 0.3) is 0 Å². The van der Waals surface area contributed by atoms with Crippen molar-refractivity contribution in [1.29, 1.82) is 0 Å². The molecule has 0 fully saturated rings. The van der Waals surface area contributed by atoms with Crippen molar-refractivity contribution in [2.45, 2.75) is 31.7 Å². The number of hydrogen-bond acceptors (Lipinski definition) is 6. The Kier molecular flexibility index (Phi) is 7.22. The molecular weight excluding hydrogens is 396 g/mol. The van der Waals surface area contributed by atoms with E-state index in [1.165, 1.54) is 32.2 Å². The topological polar surface area (TPSA) is 111 Å². The van der Waals surface area contributed by atoms with Crippen LogP contribution in [0.1, 0.15) is 29.8 Å². The van der Waals surface area contributed by atoms with Gasteiger partial charge in [-0.05, 0) is 62.7 Å². The first kappa shape index (κ1) is 22.2. The SMILES string of the molecule is CCOc1ccc(NS(=O)(=O)c2cc(C(=O)N[C@H](C)C(=O)OC)ccc2C)cc1. The molecule has 2 aromatic rings. The number of esters is 1. The lowest BCUT2D eigenvalue weighted by molar-refractivity contribution is -0.142. The summed E-state index contributed by atoms with van der Waals surface area (Å²) in [5.41, 5.74) is 0.946. The number of carbonyl (C=O) groups excluding carboxylic acids is 2. The Morgan fingerprint density at radius 1 is 1.10 bits per heavy atom. The number of sulfonamides is 1. The van der Waals surface area contributed by atoms with Crippen molar-refractivity contribution in [3.63, 3.8) is 0 Å². The molecular formula is C20H24N2O6S. The van der Waals surface area contributed by atoms with Gasteiger partial charge in [-0.15, -0.1) is 0 Å². The van der Waals surface area contributed by atoms with E-state index in [1.54, 1.807) is 31.2 Å². The molecule has 2 N–H and O–H groups in total. The zero-order valence-corrected chi connectivity index (χ0v) is 17.5. The third-order valence-electron chi connectivity index (χ3n) is 4.06. The third-order valence-corrected chi connectivity index (χ3v) is 5.58. The fourth-order valence-electron chi connectivity index (χ4n) is 2.54. The van der Waals surface area contributed by atoms with E-state index in [-0.39, 0.29) is 10.5 Å². The van der Waals surface area contributed by atoms with Crippen LogP contribution in [0.3, 0.4) is 0 Å². The molecule has 0 heterocycles. The average Bonchev–Trinajstić information content (AvgIpc) is 2.68. The summed E-state index contributed by atoms with van der Waals surface area (Å²) in [6, 6.07) is 9.92. The quantitative estimate of drug-likeness (QED) is 0.635. The number of rotatable bonds is 8. The summed E-state index contributed by atoms with van der Waals surface area (Å²) in [6.45, 7) is 5.47. The van der Waals surface area contributed by atoms with Crippen LogP contribution in [0.5, 0.6) is 5.75 Å². The summed E-state index contributed by atoms with van der Waals surface area (Å²) >= 11 is 0. The molecule has 0 spiro atoms. The Morgan fingerprint density at radius 2 is 1.76 bits per heavy atom. The van der Waals surface area contributed by atoms with E-state index in [4.69, 9.17) is 4.74 Å². The molecule has 156 valence electrons. The Labute approximate surface area is 170 Å². The van der Waals surface area contributed by atoms with E-state index >= 15 is 0 Å². The maximum atomic E-state index is 12.8. The maximum absolute atomic E-state index is 12.8. The highest BCUT2D eigenvalue weighted by Crippen LogP contribution is 2.22. The Morgan fingerprint density at radius 3 is 2.34 bits per heavy atom. The van der Waals surface area contributed by atoms with Gasteiger partial charge in [0.1, 0.15) is 11.8 Å². The van der Waals surface area contributed by atoms with Gasteiger partial charge < -0.3 is 14.8 Å². The Balaban J connectivity index is 2.25. The van der Waals surface area contributed by atoms with Crippen molar-refractivity contribution in [3.8, 4) is 5.75 Å². The number of ether oxygens (including phenoxy) is 2. The van der Waals surface area contributed by atoms with Crippen molar-refractivity contribution in [3.05, 3.63) is 53.6 Å². The zero-order chi connectivity index (χ0) is 21.6. The molecule has 1 amide bonds. The zero-order valence-electron chi connectivity index (χ0n) is 16.7. The minimum absolute atomic E-state index is 0.0373. The molecule has 0 aliphatic rings. The van der Waals surface area contributed by atoms with Crippen LogP contribution in [-0.2, 0) is 19.6 Å². The predicted molar refractivity (Wildman–Crippen MR) is 109 cm³/mol. The van der Waals surface area contributed by atoms with Crippen LogP contribution in [0.15, 0.2) is 47.4 Å². The van der Waals surface area contributed by atoms with E-state index in [1.807, 2.05) is 6.92 Å². The number of hydrogen-bond donors (Lipinski definition) is 2. The molecule has 0 aliphatic carbocycles. The van der Waals surface area contributed by atoms with Gasteiger partial charge in [0, 0.05) is 11.3 Å². The predicted octanol–water partition coefficient (Wildman–Crippen LogP) is 2.49. The summed E-state index contributed by atoms with van der Waals surface area (Å²) in [5.74, 6) is -0.555. The first-order chi connectivity index (χ1) is 13.7. The van der Waals surface area contributed by atoms with Gasteiger partial charge in [0.15, 0.2) is 0 Å². The highest BCUT2D eigenvalue weighted by Gasteiger charge is 2.21. The van der Waals surface area contributed by atoms with Crippen LogP contribution in [-0.4, -0.2) is 40.1 Å². The second kappa shape index (κ2) is 9.42. The summed E-state index contributed by atoms with van der Waals surface area (Å²) in [6.07, 6.45) is 0. The normalized spacial score (nSPS) is 12.0. The maximum Gasteiger partial charge on any atom is 0.328 e. The van der Waals surface area contributed by atoms with Crippen molar-refractivity contribution < 1.29 is 27.5 Å². The second-order valence-corrected chi connectivity index (χ2v) is 7.91. The minimum Gasteiger partial charge on any atom is -0.494 e. The van der Waals surface area contributed by atoms with Crippen molar-refractivity contribution in [1.82, 2.24) is 5.32 Å². The molecule has 0 saturated carbocycles. The van der Waals surface area contributed by atoms with Crippen LogP contribution in [0.4, 0.5) is 5.69 Å². The lowest BCUT2D eigenvalue weighted by Crippen LogP contribution is -2.39. The molecule has 9 heteroatoms. The largest absolute Gasteiger partial charge is 0.494 e. The fourth-order valence-corrected chi connectivity index (χ4v) is 3.87. The standard InChI is InChI=1S/C20H24N2O6S/c1-5-28-17-10-8-16(9-11-17)22-29(25,26)18-12-15(7-6-13(18)2)19(23)21-14(3)20(24)27-4/h6-12,14,22H,5H2,1-4H3,(H,21,23)/t14-/m1/s1. The molecule has 2 rings (SSSR count). The van der Waals surface area contributed by atoms with Gasteiger partial charge >= 0.3 is 5.97 Å². The van der Waals surface area contributed by atoms with Crippen LogP contribution < -0.4 is 14.8 Å². The second-order valence-electron chi connectivity index (χ2n) is 6.26. The molecule has 0 bridgehead atoms. The number of anilines is 1. The molecule has 1 atom stereocenters. The van der Waals surface area contributed by atoms with Crippen molar-refractivity contribution in [2.75, 3.05) is 18.4 Å². The van der Waals surface area contributed by atoms with E-state index in [0.717, 1.165) is 0 Å². The van der Waals surface area contributed by atoms with E-state index < -0.39 is 27.9 Å². The van der Waals surface area contributed by atoms with Gasteiger partial charge in [0.25, 0.3) is 15.9 Å². The van der Waals surface area contributed by atoms with E-state index in [0.29, 0.717) is 23.6 Å². The summed E-state index contributed by atoms with van der Waals surface area (Å²) in [5, 5.41) is 2.47. The first-order valence-electron chi connectivity index (χ1n) is 8.93. The number of amides is 1. The van der Waals surface area contributed by atoms with Gasteiger partial charge in [-0.2, -0.15) is 0 Å². The summed E-state index contributed by atoms with van der Waals surface area (Å²) < 4.78 is 38.1. The number of benzene rings is 2. The molecule has 0 aromatic heterocycles. The molecule has 8 nitrogen and oxygen atoms in total. The highest BCUT2D eigenvalue weighted by molar-refractivity contribution is 7.92. The molecule has 0 aliphatic heterocycles. The molecule has 2 aromatic carbocycles. The molecule has 0 radical (unpaired) electrons. The average molecular weight is 420 g/mol. The van der Waals surface area contributed by atoms with Crippen LogP contribution in [0.2, 0.25) is 0 Å². The van der Waals surface area contributed by atoms with Crippen molar-refractivity contribution >= 4 is 27.6 Å². The number of aryl methyl sites for hydroxylation is 1. The van der Waals surface area contributed by atoms with E-state index in [9.17, 15) is 18.0 Å². The van der Waals surface area contributed by atoms with Crippen molar-refractivity contribution in [2.24, 2.45) is 0 Å². The number of methoxy groups -OCH3 is 1. The lowest BCUT2D eigenvalue weighted by atomic mass is 10.1. The monoisotopic (exact) mass is 420 g/mol. The van der Waals surface area contributed by atoms with E-state index in [2.05, 4.69) is 14.8 Å². The van der Waals surface area contributed by atoms with Gasteiger partial charge in [-0.1, -0.05) is 6.07 Å². The summed E-state index contributed by atoms with van der Waals surface area (Å²) in [7, 11) is -2.72. The third kappa shape index (κ3) is 5.71. The Hall–Kier alpha value is -3.07. The van der Waals surface area contributed by atoms with Gasteiger partial charge in [0.05, 0.1) is 18.6 Å². The molecule has 29 heavy (non-hydrogen) atoms. The van der Waals surface area contributed by atoms with Gasteiger partial charge in [-0.3, -0.25) is 9.52 Å². The minimum atomic E-state index is -3.94. The highest BCUT2D eigenvalue weighted by atomic mass is 32.2. The van der Waals surface area contributed by atoms with Gasteiger partial charge in [0.2, 0.25) is 0 Å². The smallest absolute Gasteiger partial charge is 0.328 e. The van der Waals surface area contributed by atoms with Crippen LogP contribution >= 0.6 is 0 Å². The number of nitrogens with one attached hydrogen (secondary N) is 2. The number of carbonyl (C=O) groups is 2. The fraction of sp³-hybridized carbons (Fsp3) is 0.300. The first-order valence-corrected chi connectivity index (χ1v) is 10.4. The van der Waals surface area contributed by atoms with Crippen LogP contribution in [0, 0.1) is 6.92 Å². The van der Waals surface area contributed by atoms with Gasteiger partial charge in [-0.25, -0.2) is 13.2 Å².